The summed E-state index contributed by atoms with van der Waals surface area (Å²) in [5, 5.41) is 7.68. The fourth-order valence-corrected chi connectivity index (χ4v) is 10.8. The second-order valence-corrected chi connectivity index (χ2v) is 16.2. The molecule has 1 aliphatic carbocycles. The summed E-state index contributed by atoms with van der Waals surface area (Å²) >= 11 is 1.91. The van der Waals surface area contributed by atoms with E-state index in [9.17, 15) is 0 Å². The van der Waals surface area contributed by atoms with Gasteiger partial charge in [0.15, 0.2) is 0 Å². The number of fused-ring (bicyclic) bond motifs is 9. The van der Waals surface area contributed by atoms with Crippen molar-refractivity contribution in [1.82, 2.24) is 9.13 Å². The van der Waals surface area contributed by atoms with Crippen molar-refractivity contribution in [3.63, 3.8) is 0 Å². The second kappa shape index (κ2) is 12.8. The van der Waals surface area contributed by atoms with E-state index in [0.29, 0.717) is 5.92 Å². The maximum atomic E-state index is 2.51. The van der Waals surface area contributed by atoms with Crippen LogP contribution in [0, 0.1) is 0 Å². The highest BCUT2D eigenvalue weighted by atomic mass is 32.1. The Morgan fingerprint density at radius 3 is 1.68 bits per heavy atom. The lowest BCUT2D eigenvalue weighted by atomic mass is 9.87. The molecule has 0 radical (unpaired) electrons. The normalized spacial score (nSPS) is 14.5. The molecular weight excluding hydrogens is 709 g/mol. The zero-order valence-electron chi connectivity index (χ0n) is 31.1. The van der Waals surface area contributed by atoms with Crippen LogP contribution >= 0.6 is 11.3 Å². The van der Waals surface area contributed by atoms with Gasteiger partial charge in [-0.25, -0.2) is 0 Å². The number of allylic oxidation sites excluding steroid dienone is 4. The van der Waals surface area contributed by atoms with Gasteiger partial charge >= 0.3 is 0 Å². The van der Waals surface area contributed by atoms with Crippen molar-refractivity contribution in [2.45, 2.75) is 12.3 Å². The molecule has 0 N–H and O–H groups in total. The van der Waals surface area contributed by atoms with Crippen LogP contribution in [0.5, 0.6) is 0 Å². The van der Waals surface area contributed by atoms with E-state index in [1.807, 2.05) is 11.3 Å². The number of hydrogen-bond donors (Lipinski definition) is 0. The van der Waals surface area contributed by atoms with Gasteiger partial charge in [0.05, 0.1) is 22.1 Å². The van der Waals surface area contributed by atoms with Crippen LogP contribution in [-0.4, -0.2) is 9.13 Å². The van der Waals surface area contributed by atoms with Crippen LogP contribution in [0.4, 0.5) is 0 Å². The minimum Gasteiger partial charge on any atom is -0.309 e. The van der Waals surface area contributed by atoms with Crippen molar-refractivity contribution in [2.24, 2.45) is 0 Å². The predicted molar refractivity (Wildman–Crippen MR) is 244 cm³/mol. The average molecular weight is 745 g/mol. The Labute approximate surface area is 334 Å². The molecule has 1 unspecified atom stereocenters. The quantitative estimate of drug-likeness (QED) is 0.166. The van der Waals surface area contributed by atoms with Crippen molar-refractivity contribution < 1.29 is 0 Å². The van der Waals surface area contributed by atoms with Crippen LogP contribution in [-0.2, 0) is 0 Å². The van der Waals surface area contributed by atoms with Crippen molar-refractivity contribution in [3.8, 4) is 22.5 Å². The van der Waals surface area contributed by atoms with E-state index in [1.54, 1.807) is 0 Å². The molecule has 2 nitrogen and oxygen atoms in total. The molecule has 3 aromatic heterocycles. The summed E-state index contributed by atoms with van der Waals surface area (Å²) in [5.74, 6) is 0.339. The van der Waals surface area contributed by atoms with E-state index < -0.39 is 0 Å². The lowest BCUT2D eigenvalue weighted by molar-refractivity contribution is 0.857. The van der Waals surface area contributed by atoms with Gasteiger partial charge in [-0.2, -0.15) is 0 Å². The van der Waals surface area contributed by atoms with Crippen LogP contribution in [0.15, 0.2) is 200 Å². The van der Waals surface area contributed by atoms with Gasteiger partial charge in [-0.3, -0.25) is 0 Å². The Hall–Kier alpha value is -6.94. The fourth-order valence-electron chi connectivity index (χ4n) is 9.57. The number of aromatic nitrogens is 2. The molecule has 11 aromatic rings. The van der Waals surface area contributed by atoms with E-state index in [-0.39, 0.29) is 0 Å². The molecule has 268 valence electrons. The first-order valence-corrected chi connectivity index (χ1v) is 20.6. The molecule has 12 rings (SSSR count). The summed E-state index contributed by atoms with van der Waals surface area (Å²) in [5.41, 5.74) is 13.6. The molecule has 0 saturated heterocycles. The first-order valence-electron chi connectivity index (χ1n) is 19.8. The first-order chi connectivity index (χ1) is 28.3. The van der Waals surface area contributed by atoms with Crippen LogP contribution in [0.1, 0.15) is 23.5 Å². The predicted octanol–water partition coefficient (Wildman–Crippen LogP) is 15.0. The second-order valence-electron chi connectivity index (χ2n) is 15.2. The maximum absolute atomic E-state index is 2.51. The Kier molecular flexibility index (Phi) is 7.26. The molecule has 3 heteroatoms. The molecule has 57 heavy (non-hydrogen) atoms. The molecule has 0 spiro atoms. The van der Waals surface area contributed by atoms with Crippen LogP contribution in [0.2, 0.25) is 0 Å². The Morgan fingerprint density at radius 1 is 0.439 bits per heavy atom. The number of benzene rings is 8. The van der Waals surface area contributed by atoms with Crippen molar-refractivity contribution in [3.05, 3.63) is 211 Å². The summed E-state index contributed by atoms with van der Waals surface area (Å²) in [6, 6.07) is 67.0. The van der Waals surface area contributed by atoms with Gasteiger partial charge in [0.2, 0.25) is 0 Å². The molecule has 1 aliphatic rings. The van der Waals surface area contributed by atoms with Crippen LogP contribution in [0.3, 0.4) is 0 Å². The minimum atomic E-state index is 0.339. The molecule has 8 aromatic carbocycles. The number of nitrogens with zero attached hydrogens (tertiary/aromatic N) is 2. The van der Waals surface area contributed by atoms with Gasteiger partial charge in [0.25, 0.3) is 0 Å². The molecule has 0 saturated carbocycles. The zero-order valence-corrected chi connectivity index (χ0v) is 32.0. The van der Waals surface area contributed by atoms with Gasteiger partial charge in [-0.15, -0.1) is 11.3 Å². The molecule has 3 heterocycles. The topological polar surface area (TPSA) is 9.86 Å². The molecule has 1 atom stereocenters. The molecule has 0 amide bonds. The minimum absolute atomic E-state index is 0.339. The van der Waals surface area contributed by atoms with Gasteiger partial charge in [0.1, 0.15) is 0 Å². The number of thiophene rings is 1. The van der Waals surface area contributed by atoms with Gasteiger partial charge in [-0.05, 0) is 83.3 Å². The fraction of sp³-hybridized carbons (Fsp3) is 0.0370. The lowest BCUT2D eigenvalue weighted by Gasteiger charge is -2.19. The molecule has 0 bridgehead atoms. The van der Waals surface area contributed by atoms with E-state index in [0.717, 1.165) is 6.42 Å². The molecule has 0 fully saturated rings. The van der Waals surface area contributed by atoms with Crippen LogP contribution < -0.4 is 0 Å². The highest BCUT2D eigenvalue weighted by Gasteiger charge is 2.23. The highest BCUT2D eigenvalue weighted by molar-refractivity contribution is 7.26. The van der Waals surface area contributed by atoms with E-state index in [2.05, 4.69) is 209 Å². The Balaban J connectivity index is 1.14. The van der Waals surface area contributed by atoms with E-state index in [4.69, 9.17) is 0 Å². The van der Waals surface area contributed by atoms with Crippen molar-refractivity contribution in [2.75, 3.05) is 0 Å². The molecular formula is C54H36N2S. The summed E-state index contributed by atoms with van der Waals surface area (Å²) in [6.45, 7) is 0. The van der Waals surface area contributed by atoms with E-state index >= 15 is 0 Å². The smallest absolute Gasteiger partial charge is 0.0547 e. The number of rotatable bonds is 5. The largest absolute Gasteiger partial charge is 0.309 e. The third-order valence-corrected chi connectivity index (χ3v) is 13.2. The zero-order chi connectivity index (χ0) is 37.5. The summed E-state index contributed by atoms with van der Waals surface area (Å²) < 4.78 is 7.58. The standard InChI is InChI=1S/C54H36N2S/c1-3-16-35(17-4-1)36-18-13-19-37(32-36)45-33-39(34-46-40-22-9-12-31-51(40)57-54(45)46)56-48-28-11-8-24-44(48)53-42(26-15-30-50(53)56)41-25-14-29-49-52(41)43-23-7-10-27-47(43)55(49)38-20-5-2-6-21-38/h1-17,19-34,36H,18H2. The Morgan fingerprint density at radius 2 is 1.00 bits per heavy atom. The summed E-state index contributed by atoms with van der Waals surface area (Å²) in [7, 11) is 0. The van der Waals surface area contributed by atoms with E-state index in [1.165, 1.54) is 103 Å². The third kappa shape index (κ3) is 4.96. The maximum Gasteiger partial charge on any atom is 0.0547 e. The lowest BCUT2D eigenvalue weighted by Crippen LogP contribution is -2.00. The molecule has 0 aliphatic heterocycles. The summed E-state index contributed by atoms with van der Waals surface area (Å²) in [4.78, 5) is 0. The summed E-state index contributed by atoms with van der Waals surface area (Å²) in [6.07, 6.45) is 8.21. The number of para-hydroxylation sites is 3. The third-order valence-electron chi connectivity index (χ3n) is 12.0. The van der Waals surface area contributed by atoms with Gasteiger partial charge in [-0.1, -0.05) is 146 Å². The first kappa shape index (κ1) is 32.3. The van der Waals surface area contributed by atoms with Crippen molar-refractivity contribution >= 4 is 80.7 Å². The van der Waals surface area contributed by atoms with Crippen molar-refractivity contribution in [1.29, 1.82) is 0 Å². The van der Waals surface area contributed by atoms with Gasteiger partial charge < -0.3 is 9.13 Å². The highest BCUT2D eigenvalue weighted by Crippen LogP contribution is 2.46. The monoisotopic (exact) mass is 744 g/mol. The van der Waals surface area contributed by atoms with Gasteiger partial charge in [0, 0.05) is 64.6 Å². The average Bonchev–Trinajstić information content (AvgIpc) is 3.95. The Bertz CT molecular complexity index is 3430. The number of hydrogen-bond acceptors (Lipinski definition) is 1. The van der Waals surface area contributed by atoms with Crippen LogP contribution in [0.25, 0.3) is 91.9 Å². The SMILES string of the molecule is C1=CC(c2cc(-n3c4ccccc4c4c(-c5cccc6c5c5ccccc5n6-c5ccccc5)cccc43)cc3c2sc2ccccc23)=CC(c2ccccc2)C1.